The Bertz CT molecular complexity index is 847. The number of rotatable bonds is 9. The molecule has 1 saturated carbocycles. The number of hydrogen-bond donors (Lipinski definition) is 1. The van der Waals surface area contributed by atoms with Crippen molar-refractivity contribution in [1.29, 1.82) is 0 Å². The van der Waals surface area contributed by atoms with Gasteiger partial charge in [-0.2, -0.15) is 0 Å². The second-order valence-corrected chi connectivity index (χ2v) is 8.32. The fourth-order valence-electron chi connectivity index (χ4n) is 4.18. The van der Waals surface area contributed by atoms with Crippen LogP contribution in [0.2, 0.25) is 0 Å². The van der Waals surface area contributed by atoms with Crippen LogP contribution in [0.15, 0.2) is 54.6 Å². The van der Waals surface area contributed by atoms with E-state index < -0.39 is 6.04 Å². The van der Waals surface area contributed by atoms with Crippen LogP contribution < -0.4 is 10.1 Å². The number of nitrogens with zero attached hydrogens (tertiary/aromatic N) is 1. The summed E-state index contributed by atoms with van der Waals surface area (Å²) in [5.41, 5.74) is 2.14. The van der Waals surface area contributed by atoms with Crippen molar-refractivity contribution in [3.05, 3.63) is 65.7 Å². The highest BCUT2D eigenvalue weighted by Gasteiger charge is 2.30. The summed E-state index contributed by atoms with van der Waals surface area (Å²) in [5, 5.41) is 3.21. The van der Waals surface area contributed by atoms with Crippen LogP contribution >= 0.6 is 0 Å². The Kier molecular flexibility index (Phi) is 8.51. The van der Waals surface area contributed by atoms with Gasteiger partial charge >= 0.3 is 0 Å². The molecule has 31 heavy (non-hydrogen) atoms. The highest BCUT2D eigenvalue weighted by molar-refractivity contribution is 5.88. The van der Waals surface area contributed by atoms with Gasteiger partial charge in [0, 0.05) is 12.6 Å². The van der Waals surface area contributed by atoms with Crippen molar-refractivity contribution in [3.63, 3.8) is 0 Å². The average Bonchev–Trinajstić information content (AvgIpc) is 2.80. The van der Waals surface area contributed by atoms with Gasteiger partial charge in [-0.05, 0) is 49.4 Å². The van der Waals surface area contributed by atoms with Gasteiger partial charge in [-0.15, -0.1) is 0 Å². The van der Waals surface area contributed by atoms with E-state index in [0.717, 1.165) is 36.8 Å². The first-order chi connectivity index (χ1) is 15.1. The molecule has 1 fully saturated rings. The molecule has 0 aromatic heterocycles. The van der Waals surface area contributed by atoms with Crippen molar-refractivity contribution in [2.75, 3.05) is 6.61 Å². The van der Waals surface area contributed by atoms with Gasteiger partial charge in [0.15, 0.2) is 6.61 Å². The standard InChI is InChI=1S/C26H34N2O3/c1-3-24(26(30)27-22-14-6-4-7-15-22)28(18-21-13-11-10-12-20(21)2)25(29)19-31-23-16-8-5-9-17-23/h5,8-13,16-17,22,24H,3-4,6-7,14-15,18-19H2,1-2H3,(H,27,30). The number of amides is 2. The Hall–Kier alpha value is -2.82. The summed E-state index contributed by atoms with van der Waals surface area (Å²) in [6.07, 6.45) is 6.13. The first-order valence-electron chi connectivity index (χ1n) is 11.4. The lowest BCUT2D eigenvalue weighted by atomic mass is 9.95. The minimum Gasteiger partial charge on any atom is -0.484 e. The fourth-order valence-corrected chi connectivity index (χ4v) is 4.18. The molecule has 0 bridgehead atoms. The van der Waals surface area contributed by atoms with E-state index in [-0.39, 0.29) is 24.5 Å². The zero-order chi connectivity index (χ0) is 22.1. The van der Waals surface area contributed by atoms with E-state index in [2.05, 4.69) is 5.32 Å². The maximum Gasteiger partial charge on any atom is 0.261 e. The van der Waals surface area contributed by atoms with Crippen LogP contribution in [-0.4, -0.2) is 35.4 Å². The van der Waals surface area contributed by atoms with Crippen LogP contribution in [0.25, 0.3) is 0 Å². The summed E-state index contributed by atoms with van der Waals surface area (Å²) in [5.74, 6) is 0.403. The van der Waals surface area contributed by atoms with Crippen LogP contribution in [0.5, 0.6) is 5.75 Å². The summed E-state index contributed by atoms with van der Waals surface area (Å²) in [6, 6.07) is 17.0. The van der Waals surface area contributed by atoms with Crippen molar-refractivity contribution >= 4 is 11.8 Å². The molecule has 5 heteroatoms. The van der Waals surface area contributed by atoms with E-state index in [0.29, 0.717) is 18.7 Å². The maximum atomic E-state index is 13.3. The molecule has 0 heterocycles. The zero-order valence-electron chi connectivity index (χ0n) is 18.7. The molecule has 2 aromatic carbocycles. The summed E-state index contributed by atoms with van der Waals surface area (Å²) in [6.45, 7) is 4.28. The van der Waals surface area contributed by atoms with Crippen LogP contribution in [0.1, 0.15) is 56.6 Å². The molecule has 1 aliphatic rings. The Morgan fingerprint density at radius 3 is 2.39 bits per heavy atom. The largest absolute Gasteiger partial charge is 0.484 e. The molecular formula is C26H34N2O3. The van der Waals surface area contributed by atoms with Gasteiger partial charge in [-0.3, -0.25) is 9.59 Å². The number of benzene rings is 2. The fraction of sp³-hybridized carbons (Fsp3) is 0.462. The highest BCUT2D eigenvalue weighted by Crippen LogP contribution is 2.20. The molecule has 1 atom stereocenters. The Labute approximate surface area is 185 Å². The lowest BCUT2D eigenvalue weighted by Crippen LogP contribution is -2.52. The van der Waals surface area contributed by atoms with Gasteiger partial charge in [0.05, 0.1) is 0 Å². The lowest BCUT2D eigenvalue weighted by Gasteiger charge is -2.33. The van der Waals surface area contributed by atoms with Gasteiger partial charge < -0.3 is 15.0 Å². The van der Waals surface area contributed by atoms with Gasteiger partial charge in [0.25, 0.3) is 5.91 Å². The normalized spacial score (nSPS) is 15.2. The molecule has 0 aliphatic heterocycles. The quantitative estimate of drug-likeness (QED) is 0.641. The second kappa shape index (κ2) is 11.5. The molecule has 1 aliphatic carbocycles. The third-order valence-electron chi connectivity index (χ3n) is 6.04. The number of carbonyl (C=O) groups excluding carboxylic acids is 2. The van der Waals surface area contributed by atoms with E-state index in [9.17, 15) is 9.59 Å². The predicted molar refractivity (Wildman–Crippen MR) is 123 cm³/mol. The van der Waals surface area contributed by atoms with Crippen LogP contribution in [0, 0.1) is 6.92 Å². The third-order valence-corrected chi connectivity index (χ3v) is 6.04. The number of aryl methyl sites for hydroxylation is 1. The number of para-hydroxylation sites is 1. The summed E-state index contributed by atoms with van der Waals surface area (Å²) < 4.78 is 5.72. The summed E-state index contributed by atoms with van der Waals surface area (Å²) in [4.78, 5) is 28.1. The predicted octanol–water partition coefficient (Wildman–Crippen LogP) is 4.63. The van der Waals surface area contributed by atoms with E-state index in [4.69, 9.17) is 4.74 Å². The molecule has 0 spiro atoms. The van der Waals surface area contributed by atoms with E-state index in [1.807, 2.05) is 68.4 Å². The van der Waals surface area contributed by atoms with E-state index in [1.165, 1.54) is 6.42 Å². The number of carbonyl (C=O) groups is 2. The molecule has 0 radical (unpaired) electrons. The monoisotopic (exact) mass is 422 g/mol. The first-order valence-corrected chi connectivity index (χ1v) is 11.4. The zero-order valence-corrected chi connectivity index (χ0v) is 18.7. The third kappa shape index (κ3) is 6.58. The van der Waals surface area contributed by atoms with Crippen molar-refractivity contribution in [2.24, 2.45) is 0 Å². The van der Waals surface area contributed by atoms with Crippen LogP contribution in [-0.2, 0) is 16.1 Å². The van der Waals surface area contributed by atoms with Crippen LogP contribution in [0.4, 0.5) is 0 Å². The number of nitrogens with one attached hydrogen (secondary N) is 1. The van der Waals surface area contributed by atoms with Gasteiger partial charge in [0.1, 0.15) is 11.8 Å². The lowest BCUT2D eigenvalue weighted by molar-refractivity contribution is -0.143. The minimum absolute atomic E-state index is 0.0592. The molecular weight excluding hydrogens is 388 g/mol. The number of ether oxygens (including phenoxy) is 1. The minimum atomic E-state index is -0.520. The highest BCUT2D eigenvalue weighted by atomic mass is 16.5. The van der Waals surface area contributed by atoms with Gasteiger partial charge in [0.2, 0.25) is 5.91 Å². The molecule has 2 aromatic rings. The molecule has 5 nitrogen and oxygen atoms in total. The maximum absolute atomic E-state index is 13.3. The summed E-state index contributed by atoms with van der Waals surface area (Å²) >= 11 is 0. The topological polar surface area (TPSA) is 58.6 Å². The van der Waals surface area contributed by atoms with E-state index >= 15 is 0 Å². The Morgan fingerprint density at radius 2 is 1.71 bits per heavy atom. The van der Waals surface area contributed by atoms with Crippen molar-refractivity contribution < 1.29 is 14.3 Å². The molecule has 0 saturated heterocycles. The Morgan fingerprint density at radius 1 is 1.03 bits per heavy atom. The van der Waals surface area contributed by atoms with Crippen molar-refractivity contribution in [2.45, 2.75) is 71.0 Å². The second-order valence-electron chi connectivity index (χ2n) is 8.32. The smallest absolute Gasteiger partial charge is 0.261 e. The molecule has 1 N–H and O–H groups in total. The SMILES string of the molecule is CCC(C(=O)NC1CCCCC1)N(Cc1ccccc1C)C(=O)COc1ccccc1. The Balaban J connectivity index is 1.75. The first kappa shape index (κ1) is 22.9. The molecule has 2 amide bonds. The molecule has 3 rings (SSSR count). The molecule has 1 unspecified atom stereocenters. The van der Waals surface area contributed by atoms with Crippen molar-refractivity contribution in [3.8, 4) is 5.75 Å². The average molecular weight is 423 g/mol. The summed E-state index contributed by atoms with van der Waals surface area (Å²) in [7, 11) is 0. The number of hydrogen-bond acceptors (Lipinski definition) is 3. The van der Waals surface area contributed by atoms with Gasteiger partial charge in [-0.1, -0.05) is 68.7 Å². The van der Waals surface area contributed by atoms with Crippen LogP contribution in [0.3, 0.4) is 0 Å². The van der Waals surface area contributed by atoms with Gasteiger partial charge in [-0.25, -0.2) is 0 Å². The van der Waals surface area contributed by atoms with E-state index in [1.54, 1.807) is 4.90 Å². The molecule has 166 valence electrons. The van der Waals surface area contributed by atoms with Crippen molar-refractivity contribution in [1.82, 2.24) is 10.2 Å².